The summed E-state index contributed by atoms with van der Waals surface area (Å²) in [5, 5.41) is 16.7. The minimum absolute atomic E-state index is 0.0962. The molecule has 2 N–H and O–H groups in total. The topological polar surface area (TPSA) is 101 Å². The lowest BCUT2D eigenvalue weighted by atomic mass is 10.1. The van der Waals surface area contributed by atoms with Gasteiger partial charge in [0.2, 0.25) is 5.89 Å². The van der Waals surface area contributed by atoms with E-state index in [2.05, 4.69) is 20.4 Å². The van der Waals surface area contributed by atoms with E-state index in [4.69, 9.17) is 16.1 Å². The lowest BCUT2D eigenvalue weighted by molar-refractivity contribution is 0.0940. The number of nitrogens with zero attached hydrogens (tertiary/aromatic N) is 3. The van der Waals surface area contributed by atoms with Crippen LogP contribution in [0.5, 0.6) is 5.75 Å². The molecule has 122 valence electrons. The number of amides is 1. The number of benzene rings is 1. The highest BCUT2D eigenvalue weighted by Gasteiger charge is 2.23. The molecule has 1 atom stereocenters. The zero-order valence-electron chi connectivity index (χ0n) is 12.6. The molecule has 2 aromatic heterocycles. The largest absolute Gasteiger partial charge is 0.506 e. The maximum atomic E-state index is 12.5. The maximum absolute atomic E-state index is 12.5. The predicted octanol–water partition coefficient (Wildman–Crippen LogP) is 2.65. The molecule has 24 heavy (non-hydrogen) atoms. The molecule has 8 heteroatoms. The van der Waals surface area contributed by atoms with Crippen LogP contribution in [0.1, 0.15) is 33.7 Å². The standard InChI is InChI=1S/C16H13ClN4O3/c1-9-19-15(21-24-9)14(10-2-4-12(17)5-3-10)20-16(23)11-6-13(22)8-18-7-11/h2-8,14,22H,1H3,(H,20,23)/t14-/m0/s1. The summed E-state index contributed by atoms with van der Waals surface area (Å²) in [5.74, 6) is 0.176. The maximum Gasteiger partial charge on any atom is 0.253 e. The molecule has 0 aliphatic heterocycles. The van der Waals surface area contributed by atoms with E-state index in [0.717, 1.165) is 5.56 Å². The van der Waals surface area contributed by atoms with Crippen molar-refractivity contribution in [1.82, 2.24) is 20.4 Å². The third-order valence-electron chi connectivity index (χ3n) is 3.27. The van der Waals surface area contributed by atoms with Crippen LogP contribution in [-0.4, -0.2) is 26.1 Å². The van der Waals surface area contributed by atoms with Crippen molar-refractivity contribution >= 4 is 17.5 Å². The third-order valence-corrected chi connectivity index (χ3v) is 3.52. The van der Waals surface area contributed by atoms with Crippen LogP contribution in [0.2, 0.25) is 5.02 Å². The van der Waals surface area contributed by atoms with Crippen LogP contribution in [0.4, 0.5) is 0 Å². The van der Waals surface area contributed by atoms with Crippen LogP contribution >= 0.6 is 11.6 Å². The fourth-order valence-corrected chi connectivity index (χ4v) is 2.28. The van der Waals surface area contributed by atoms with Crippen molar-refractivity contribution in [1.29, 1.82) is 0 Å². The summed E-state index contributed by atoms with van der Waals surface area (Å²) in [4.78, 5) is 20.4. The number of carbonyl (C=O) groups is 1. The van der Waals surface area contributed by atoms with Crippen molar-refractivity contribution in [2.75, 3.05) is 0 Å². The summed E-state index contributed by atoms with van der Waals surface area (Å²) in [5.41, 5.74) is 0.954. The number of aromatic nitrogens is 3. The number of carbonyl (C=O) groups excluding carboxylic acids is 1. The van der Waals surface area contributed by atoms with E-state index < -0.39 is 11.9 Å². The SMILES string of the molecule is Cc1nc([C@@H](NC(=O)c2cncc(O)c2)c2ccc(Cl)cc2)no1. The minimum Gasteiger partial charge on any atom is -0.506 e. The van der Waals surface area contributed by atoms with Crippen molar-refractivity contribution in [2.45, 2.75) is 13.0 Å². The first-order valence-electron chi connectivity index (χ1n) is 7.03. The van der Waals surface area contributed by atoms with Crippen LogP contribution in [0, 0.1) is 6.92 Å². The molecule has 0 bridgehead atoms. The predicted molar refractivity (Wildman–Crippen MR) is 85.7 cm³/mol. The van der Waals surface area contributed by atoms with E-state index in [1.807, 2.05) is 0 Å². The number of halogens is 1. The number of hydrogen-bond donors (Lipinski definition) is 2. The Kier molecular flexibility index (Phi) is 4.43. The van der Waals surface area contributed by atoms with Crippen molar-refractivity contribution in [3.8, 4) is 5.75 Å². The van der Waals surface area contributed by atoms with E-state index in [0.29, 0.717) is 16.7 Å². The minimum atomic E-state index is -0.630. The van der Waals surface area contributed by atoms with Gasteiger partial charge in [0.15, 0.2) is 5.82 Å². The van der Waals surface area contributed by atoms with Gasteiger partial charge in [-0.25, -0.2) is 0 Å². The molecule has 3 rings (SSSR count). The Morgan fingerprint density at radius 2 is 2.04 bits per heavy atom. The van der Waals surface area contributed by atoms with Gasteiger partial charge in [-0.1, -0.05) is 28.9 Å². The van der Waals surface area contributed by atoms with Crippen LogP contribution in [0.3, 0.4) is 0 Å². The fourth-order valence-electron chi connectivity index (χ4n) is 2.15. The van der Waals surface area contributed by atoms with Gasteiger partial charge in [-0.2, -0.15) is 4.98 Å². The first-order chi connectivity index (χ1) is 11.5. The Bertz CT molecular complexity index is 864. The van der Waals surface area contributed by atoms with E-state index in [1.165, 1.54) is 18.5 Å². The second-order valence-corrected chi connectivity index (χ2v) is 5.50. The van der Waals surface area contributed by atoms with Gasteiger partial charge in [-0.15, -0.1) is 0 Å². The quantitative estimate of drug-likeness (QED) is 0.754. The molecule has 1 aromatic carbocycles. The number of pyridine rings is 1. The molecule has 0 saturated heterocycles. The normalized spacial score (nSPS) is 11.9. The molecule has 0 aliphatic carbocycles. The molecule has 0 aliphatic rings. The molecule has 1 amide bonds. The Morgan fingerprint density at radius 1 is 1.29 bits per heavy atom. The summed E-state index contributed by atoms with van der Waals surface area (Å²) in [6.07, 6.45) is 2.60. The molecule has 7 nitrogen and oxygen atoms in total. The average Bonchev–Trinajstić information content (AvgIpc) is 2.99. The third kappa shape index (κ3) is 3.52. The van der Waals surface area contributed by atoms with Crippen LogP contribution in [-0.2, 0) is 0 Å². The van der Waals surface area contributed by atoms with Gasteiger partial charge in [-0.3, -0.25) is 9.78 Å². The van der Waals surface area contributed by atoms with Crippen LogP contribution in [0.15, 0.2) is 47.2 Å². The van der Waals surface area contributed by atoms with E-state index in [-0.39, 0.29) is 11.3 Å². The zero-order chi connectivity index (χ0) is 17.1. The zero-order valence-corrected chi connectivity index (χ0v) is 13.4. The summed E-state index contributed by atoms with van der Waals surface area (Å²) in [7, 11) is 0. The summed E-state index contributed by atoms with van der Waals surface area (Å²) in [6.45, 7) is 1.66. The molecule has 0 fully saturated rings. The summed E-state index contributed by atoms with van der Waals surface area (Å²) in [6, 6.07) is 7.63. The molecular weight excluding hydrogens is 332 g/mol. The summed E-state index contributed by atoms with van der Waals surface area (Å²) < 4.78 is 5.01. The first kappa shape index (κ1) is 15.9. The van der Waals surface area contributed by atoms with Crippen molar-refractivity contribution in [3.05, 3.63) is 70.6 Å². The highest BCUT2D eigenvalue weighted by Crippen LogP contribution is 2.22. The van der Waals surface area contributed by atoms with Crippen LogP contribution in [0.25, 0.3) is 0 Å². The Balaban J connectivity index is 1.93. The first-order valence-corrected chi connectivity index (χ1v) is 7.41. The molecule has 2 heterocycles. The van der Waals surface area contributed by atoms with Gasteiger partial charge in [0.25, 0.3) is 5.91 Å². The number of aryl methyl sites for hydroxylation is 1. The number of rotatable bonds is 4. The van der Waals surface area contributed by atoms with Gasteiger partial charge in [-0.05, 0) is 23.8 Å². The van der Waals surface area contributed by atoms with E-state index in [1.54, 1.807) is 31.2 Å². The highest BCUT2D eigenvalue weighted by atomic mass is 35.5. The van der Waals surface area contributed by atoms with Gasteiger partial charge in [0.1, 0.15) is 11.8 Å². The Morgan fingerprint density at radius 3 is 2.67 bits per heavy atom. The van der Waals surface area contributed by atoms with Crippen molar-refractivity contribution in [2.24, 2.45) is 0 Å². The molecule has 3 aromatic rings. The van der Waals surface area contributed by atoms with E-state index >= 15 is 0 Å². The Hall–Kier alpha value is -2.93. The number of nitrogens with one attached hydrogen (secondary N) is 1. The molecule has 0 unspecified atom stereocenters. The van der Waals surface area contributed by atoms with Crippen LogP contribution < -0.4 is 5.32 Å². The van der Waals surface area contributed by atoms with E-state index in [9.17, 15) is 9.90 Å². The van der Waals surface area contributed by atoms with Gasteiger partial charge in [0, 0.05) is 18.1 Å². The smallest absolute Gasteiger partial charge is 0.253 e. The monoisotopic (exact) mass is 344 g/mol. The molecule has 0 spiro atoms. The van der Waals surface area contributed by atoms with Gasteiger partial charge >= 0.3 is 0 Å². The average molecular weight is 345 g/mol. The summed E-state index contributed by atoms with van der Waals surface area (Å²) >= 11 is 5.91. The second-order valence-electron chi connectivity index (χ2n) is 5.06. The van der Waals surface area contributed by atoms with Gasteiger partial charge < -0.3 is 14.9 Å². The highest BCUT2D eigenvalue weighted by molar-refractivity contribution is 6.30. The number of hydrogen-bond acceptors (Lipinski definition) is 6. The second kappa shape index (κ2) is 6.67. The number of aromatic hydroxyl groups is 1. The molecular formula is C16H13ClN4O3. The van der Waals surface area contributed by atoms with Gasteiger partial charge in [0.05, 0.1) is 11.8 Å². The van der Waals surface area contributed by atoms with Crippen molar-refractivity contribution < 1.29 is 14.4 Å². The van der Waals surface area contributed by atoms with Crippen molar-refractivity contribution in [3.63, 3.8) is 0 Å². The lowest BCUT2D eigenvalue weighted by Crippen LogP contribution is -2.30. The molecule has 0 saturated carbocycles. The fraction of sp³-hybridized carbons (Fsp3) is 0.125. The Labute approximate surface area is 142 Å². The lowest BCUT2D eigenvalue weighted by Gasteiger charge is -2.16. The molecule has 0 radical (unpaired) electrons.